The first-order valence-electron chi connectivity index (χ1n) is 35.5. The highest BCUT2D eigenvalue weighted by molar-refractivity contribution is 6.09. The summed E-state index contributed by atoms with van der Waals surface area (Å²) in [6.07, 6.45) is 11.9. The highest BCUT2D eigenvalue weighted by Gasteiger charge is 2.18. The van der Waals surface area contributed by atoms with E-state index in [0.29, 0.717) is 137 Å². The average Bonchev–Trinajstić information content (AvgIpc) is 2.01. The minimum atomic E-state index is -0.504. The lowest BCUT2D eigenvalue weighted by Crippen LogP contribution is -2.32. The predicted molar refractivity (Wildman–Crippen MR) is 386 cm³/mol. The molecule has 29 nitrogen and oxygen atoms in total. The van der Waals surface area contributed by atoms with E-state index in [4.69, 9.17) is 61.6 Å². The van der Waals surface area contributed by atoms with Crippen LogP contribution in [0.2, 0.25) is 0 Å². The van der Waals surface area contributed by atoms with Gasteiger partial charge in [-0.2, -0.15) is 0 Å². The summed E-state index contributed by atoms with van der Waals surface area (Å²) in [6.45, 7) is 5.94. The zero-order valence-electron chi connectivity index (χ0n) is 59.6. The molecule has 0 saturated carbocycles. The molecule has 0 radical (unpaired) electrons. The number of benzene rings is 4. The predicted octanol–water partition coefficient (Wildman–Crippen LogP) is 1.73. The summed E-state index contributed by atoms with van der Waals surface area (Å²) < 4.78 is 83.2. The fraction of sp³-hybridized carbons (Fsp3) is 0.486. The summed E-state index contributed by atoms with van der Waals surface area (Å²) in [6, 6.07) is 29.9. The maximum Gasteiger partial charge on any atom is 0.311 e. The first-order chi connectivity index (χ1) is 50.4. The lowest BCUT2D eigenvalue weighted by molar-refractivity contribution is -0.135. The molecule has 0 amide bonds. The molecule has 4 aromatic carbocycles. The molecule has 0 aliphatic carbocycles. The largest absolute Gasteiger partial charge is 0.427 e. The number of esters is 4. The lowest BCUT2D eigenvalue weighted by atomic mass is 9.97. The van der Waals surface area contributed by atoms with Crippen molar-refractivity contribution in [2.45, 2.75) is 115 Å². The summed E-state index contributed by atoms with van der Waals surface area (Å²) in [4.78, 5) is 50.0. The summed E-state index contributed by atoms with van der Waals surface area (Å²) >= 11 is 0. The molecule has 103 heavy (non-hydrogen) atoms. The third-order valence-corrected chi connectivity index (χ3v) is 15.9. The summed E-state index contributed by atoms with van der Waals surface area (Å²) in [5.74, 6) is 0.647. The molecule has 0 aliphatic rings. The SMILES string of the molecule is BCc1ccc(OC(=O)CCc2cn(CCOCCOCC(COCC(COCCOCCn3cc(CCC(=O)Oc4ccc(CB)cc4)nn3)OCCOCCn3cc(CCC(=O)Oc4ccc(CB)cc4)nn3)OCCOCCn3cc(CCC(=O)Oc4ccc(CB)cc4)nn3)nn2)cc1. The van der Waals surface area contributed by atoms with Crippen molar-refractivity contribution in [2.24, 2.45) is 0 Å². The van der Waals surface area contributed by atoms with Gasteiger partial charge in [0.25, 0.3) is 0 Å². The van der Waals surface area contributed by atoms with Gasteiger partial charge in [-0.1, -0.05) is 117 Å². The van der Waals surface area contributed by atoms with Crippen molar-refractivity contribution in [1.82, 2.24) is 60.0 Å². The number of hydrogen-bond acceptors (Lipinski definition) is 25. The zero-order chi connectivity index (χ0) is 72.3. The Balaban J connectivity index is 0.767. The number of carbonyl (C=O) groups excluding carboxylic acids is 4. The average molecular weight is 1420 g/mol. The van der Waals surface area contributed by atoms with E-state index < -0.39 is 12.2 Å². The van der Waals surface area contributed by atoms with Crippen LogP contribution in [0.5, 0.6) is 23.0 Å². The molecule has 33 heteroatoms. The number of carbonyl (C=O) groups is 4. The Labute approximate surface area is 604 Å². The van der Waals surface area contributed by atoms with Crippen LogP contribution < -0.4 is 18.9 Å². The normalized spacial score (nSPS) is 12.0. The van der Waals surface area contributed by atoms with Gasteiger partial charge in [0.05, 0.1) is 180 Å². The second-order valence-electron chi connectivity index (χ2n) is 23.9. The quantitative estimate of drug-likeness (QED) is 0.0227. The molecule has 0 N–H and O–H groups in total. The van der Waals surface area contributed by atoms with Crippen LogP contribution in [0.25, 0.3) is 0 Å². The molecule has 4 heterocycles. The van der Waals surface area contributed by atoms with Crippen molar-refractivity contribution >= 4 is 55.3 Å². The maximum absolute atomic E-state index is 12.5. The Kier molecular flexibility index (Phi) is 36.3. The third kappa shape index (κ3) is 32.2. The van der Waals surface area contributed by atoms with E-state index in [2.05, 4.69) is 72.6 Å². The molecule has 2 unspecified atom stereocenters. The van der Waals surface area contributed by atoms with Crippen molar-refractivity contribution in [2.75, 3.05) is 106 Å². The number of rotatable bonds is 54. The minimum Gasteiger partial charge on any atom is -0.427 e. The molecule has 0 bridgehead atoms. The Morgan fingerprint density at radius 1 is 0.301 bits per heavy atom. The summed E-state index contributed by atoms with van der Waals surface area (Å²) in [5, 5.41) is 33.6. The second kappa shape index (κ2) is 46.8. The lowest BCUT2D eigenvalue weighted by Gasteiger charge is -2.22. The van der Waals surface area contributed by atoms with Crippen LogP contribution in [0, 0.1) is 0 Å². The molecule has 548 valence electrons. The number of aryl methyl sites for hydroxylation is 4. The number of aromatic nitrogens is 12. The van der Waals surface area contributed by atoms with Gasteiger partial charge in [0.1, 0.15) is 66.6 Å². The van der Waals surface area contributed by atoms with Gasteiger partial charge in [0.2, 0.25) is 0 Å². The summed E-state index contributed by atoms with van der Waals surface area (Å²) in [7, 11) is 8.27. The van der Waals surface area contributed by atoms with E-state index in [9.17, 15) is 19.2 Å². The van der Waals surface area contributed by atoms with Crippen LogP contribution in [-0.4, -0.2) is 233 Å². The molecule has 8 rings (SSSR count). The van der Waals surface area contributed by atoms with Crippen molar-refractivity contribution in [3.63, 3.8) is 0 Å². The van der Waals surface area contributed by atoms with Crippen molar-refractivity contribution in [3.05, 3.63) is 167 Å². The summed E-state index contributed by atoms with van der Waals surface area (Å²) in [5.41, 5.74) is 7.31. The van der Waals surface area contributed by atoms with Gasteiger partial charge in [-0.25, -0.2) is 18.7 Å². The fourth-order valence-electron chi connectivity index (χ4n) is 9.95. The van der Waals surface area contributed by atoms with Crippen molar-refractivity contribution < 1.29 is 80.8 Å². The topological polar surface area (TPSA) is 311 Å². The van der Waals surface area contributed by atoms with Crippen LogP contribution in [0.4, 0.5) is 0 Å². The first kappa shape index (κ1) is 79.9. The number of ether oxygens (including phenoxy) is 13. The third-order valence-electron chi connectivity index (χ3n) is 15.9. The van der Waals surface area contributed by atoms with Crippen LogP contribution in [0.3, 0.4) is 0 Å². The highest BCUT2D eigenvalue weighted by Crippen LogP contribution is 2.18. The van der Waals surface area contributed by atoms with E-state index in [0.717, 1.165) is 47.5 Å². The zero-order valence-corrected chi connectivity index (χ0v) is 59.6. The van der Waals surface area contributed by atoms with Gasteiger partial charge in [-0.05, 0) is 48.5 Å². The molecule has 4 aromatic heterocycles. The van der Waals surface area contributed by atoms with E-state index in [-0.39, 0.29) is 116 Å². The van der Waals surface area contributed by atoms with Gasteiger partial charge in [0.15, 0.2) is 0 Å². The number of nitrogens with zero attached hydrogens (tertiary/aromatic N) is 12. The van der Waals surface area contributed by atoms with Crippen molar-refractivity contribution in [1.29, 1.82) is 0 Å². The number of hydrogen-bond donors (Lipinski definition) is 0. The minimum absolute atomic E-state index is 0.147. The molecule has 0 fully saturated rings. The van der Waals surface area contributed by atoms with Crippen LogP contribution in [-0.2, 0) is 139 Å². The van der Waals surface area contributed by atoms with Gasteiger partial charge in [-0.3, -0.25) is 19.2 Å². The van der Waals surface area contributed by atoms with Crippen LogP contribution in [0.15, 0.2) is 122 Å². The molecule has 0 aliphatic heterocycles. The van der Waals surface area contributed by atoms with Gasteiger partial charge >= 0.3 is 23.9 Å². The molecule has 0 spiro atoms. The molecule has 0 saturated heterocycles. The molecule has 8 aromatic rings. The smallest absolute Gasteiger partial charge is 0.311 e. The van der Waals surface area contributed by atoms with Gasteiger partial charge in [0, 0.05) is 50.5 Å². The van der Waals surface area contributed by atoms with E-state index in [1.54, 1.807) is 92.0 Å². The maximum atomic E-state index is 12.5. The second-order valence-corrected chi connectivity index (χ2v) is 23.9. The Bertz CT molecular complexity index is 3460. The first-order valence-corrected chi connectivity index (χ1v) is 35.5. The molecular formula is C70H94B4N12O17. The van der Waals surface area contributed by atoms with Crippen LogP contribution >= 0.6 is 0 Å². The molecular weight excluding hydrogens is 1320 g/mol. The van der Waals surface area contributed by atoms with E-state index >= 15 is 0 Å². The Hall–Kier alpha value is -8.78. The monoisotopic (exact) mass is 1420 g/mol. The van der Waals surface area contributed by atoms with Crippen molar-refractivity contribution in [3.8, 4) is 23.0 Å². The van der Waals surface area contributed by atoms with E-state index in [1.165, 1.54) is 0 Å². The standard InChI is InChI=1S/C70H94B4N12O17/c71-41-53-1-13-61(14-2-53)100-67(87)21-9-57-45-83(79-75-57)25-29-91-33-35-95-49-65(98-39-37-93-31-27-85-47-59(77-81-85)11-23-69(89)102-63-17-5-55(43-73)6-18-63)51-97-52-66(99-40-38-94-32-28-86-48-60(78-82-86)12-24-70(90)103-64-19-7-56(44-74)8-20-64)50-96-36-34-92-30-26-84-46-58(76-80-84)10-22-68(88)101-62-15-3-54(42-72)4-16-62/h1-8,13-20,45-48,65-66H,9-12,21-44,49-52,71-74H2. The van der Waals surface area contributed by atoms with Gasteiger partial charge < -0.3 is 61.6 Å². The van der Waals surface area contributed by atoms with Gasteiger partial charge in [-0.15, -0.1) is 20.4 Å². The van der Waals surface area contributed by atoms with E-state index in [1.807, 2.05) is 48.5 Å². The highest BCUT2D eigenvalue weighted by atomic mass is 16.6. The van der Waals surface area contributed by atoms with Crippen LogP contribution in [0.1, 0.15) is 70.7 Å². The Morgan fingerprint density at radius 3 is 0.786 bits per heavy atom. The molecule has 2 atom stereocenters. The Morgan fingerprint density at radius 2 is 0.534 bits per heavy atom. The fourth-order valence-corrected chi connectivity index (χ4v) is 9.95.